The summed E-state index contributed by atoms with van der Waals surface area (Å²) in [7, 11) is 0. The molecule has 0 fully saturated rings. The quantitative estimate of drug-likeness (QED) is 0.489. The fourth-order valence-corrected chi connectivity index (χ4v) is 3.07. The van der Waals surface area contributed by atoms with E-state index in [-0.39, 0.29) is 21.5 Å². The van der Waals surface area contributed by atoms with E-state index in [0.717, 1.165) is 6.07 Å². The molecule has 2 aromatic heterocycles. The number of carbonyl (C=O) groups is 1. The molecule has 1 aromatic carbocycles. The summed E-state index contributed by atoms with van der Waals surface area (Å²) in [4.78, 5) is 20.0. The number of aryl methyl sites for hydroxylation is 2. The molecule has 3 aromatic rings. The Morgan fingerprint density at radius 1 is 1.07 bits per heavy atom. The Hall–Kier alpha value is -2.84. The summed E-state index contributed by atoms with van der Waals surface area (Å²) in [5.41, 5.74) is 0.949. The van der Waals surface area contributed by atoms with Crippen LogP contribution in [0.5, 0.6) is 11.6 Å². The van der Waals surface area contributed by atoms with E-state index in [1.165, 1.54) is 18.5 Å². The molecule has 3 rings (SSSR count). The lowest BCUT2D eigenvalue weighted by Gasteiger charge is -2.15. The Morgan fingerprint density at radius 2 is 1.73 bits per heavy atom. The van der Waals surface area contributed by atoms with Gasteiger partial charge in [-0.25, -0.2) is 4.98 Å². The third-order valence-corrected chi connectivity index (χ3v) is 4.66. The number of hydrogen-bond donors (Lipinski definition) is 1. The highest BCUT2D eigenvalue weighted by atomic mass is 35.5. The Labute approximate surface area is 179 Å². The van der Waals surface area contributed by atoms with Crippen molar-refractivity contribution < 1.29 is 22.7 Å². The number of halogens is 5. The van der Waals surface area contributed by atoms with Gasteiger partial charge < -0.3 is 10.1 Å². The topological polar surface area (TPSA) is 64.1 Å². The average Bonchev–Trinajstić information content (AvgIpc) is 2.65. The van der Waals surface area contributed by atoms with Crippen LogP contribution in [0.15, 0.2) is 42.9 Å². The summed E-state index contributed by atoms with van der Waals surface area (Å²) in [6, 6.07) is 5.54. The van der Waals surface area contributed by atoms with Crippen molar-refractivity contribution in [1.82, 2.24) is 9.97 Å². The van der Waals surface area contributed by atoms with Crippen LogP contribution in [-0.2, 0) is 6.18 Å². The number of nitrogens with one attached hydrogen (secondary N) is 1. The van der Waals surface area contributed by atoms with Crippen LogP contribution in [0.1, 0.15) is 27.0 Å². The van der Waals surface area contributed by atoms with E-state index < -0.39 is 17.6 Å². The fraction of sp³-hybridized carbons (Fsp3) is 0.150. The number of pyridine rings is 2. The van der Waals surface area contributed by atoms with E-state index in [2.05, 4.69) is 15.3 Å². The van der Waals surface area contributed by atoms with Gasteiger partial charge in [0.05, 0.1) is 16.1 Å². The molecule has 2 heterocycles. The molecular formula is C20H14Cl2F3N3O2. The number of carbonyl (C=O) groups excluding carboxylic acids is 1. The van der Waals surface area contributed by atoms with Crippen molar-refractivity contribution in [1.29, 1.82) is 0 Å². The van der Waals surface area contributed by atoms with Crippen LogP contribution in [0.4, 0.5) is 18.9 Å². The monoisotopic (exact) mass is 455 g/mol. The van der Waals surface area contributed by atoms with Gasteiger partial charge in [-0.15, -0.1) is 0 Å². The molecule has 0 radical (unpaired) electrons. The van der Waals surface area contributed by atoms with Gasteiger partial charge in [-0.2, -0.15) is 13.2 Å². The number of rotatable bonds is 4. The number of amides is 1. The first kappa shape index (κ1) is 21.9. The van der Waals surface area contributed by atoms with Gasteiger partial charge in [-0.1, -0.05) is 23.2 Å². The Morgan fingerprint density at radius 3 is 2.30 bits per heavy atom. The van der Waals surface area contributed by atoms with Crippen molar-refractivity contribution in [2.75, 3.05) is 5.32 Å². The van der Waals surface area contributed by atoms with Crippen LogP contribution >= 0.6 is 23.2 Å². The zero-order chi connectivity index (χ0) is 22.1. The van der Waals surface area contributed by atoms with E-state index in [4.69, 9.17) is 27.9 Å². The molecule has 1 amide bonds. The molecule has 0 bridgehead atoms. The largest absolute Gasteiger partial charge is 0.437 e. The van der Waals surface area contributed by atoms with Crippen LogP contribution < -0.4 is 10.1 Å². The summed E-state index contributed by atoms with van der Waals surface area (Å²) in [5, 5.41) is 2.71. The number of nitrogens with zero attached hydrogens (tertiary/aromatic N) is 2. The molecule has 0 aliphatic heterocycles. The minimum Gasteiger partial charge on any atom is -0.437 e. The first-order chi connectivity index (χ1) is 14.1. The summed E-state index contributed by atoms with van der Waals surface area (Å²) >= 11 is 11.9. The van der Waals surface area contributed by atoms with Crippen LogP contribution in [0.2, 0.25) is 10.0 Å². The van der Waals surface area contributed by atoms with E-state index in [1.54, 1.807) is 26.0 Å². The van der Waals surface area contributed by atoms with Gasteiger partial charge in [0.15, 0.2) is 0 Å². The predicted molar refractivity (Wildman–Crippen MR) is 107 cm³/mol. The van der Waals surface area contributed by atoms with Crippen LogP contribution in [0.25, 0.3) is 0 Å². The first-order valence-electron chi connectivity index (χ1n) is 8.49. The van der Waals surface area contributed by atoms with Gasteiger partial charge in [0.25, 0.3) is 5.91 Å². The van der Waals surface area contributed by atoms with E-state index >= 15 is 0 Å². The fourth-order valence-electron chi connectivity index (χ4n) is 2.68. The molecule has 1 N–H and O–H groups in total. The molecule has 0 saturated carbocycles. The van der Waals surface area contributed by atoms with Gasteiger partial charge in [0, 0.05) is 24.3 Å². The zero-order valence-corrected chi connectivity index (χ0v) is 17.2. The first-order valence-corrected chi connectivity index (χ1v) is 9.24. The number of anilines is 1. The second-order valence-corrected chi connectivity index (χ2v) is 7.17. The molecule has 0 spiro atoms. The van der Waals surface area contributed by atoms with Crippen LogP contribution in [0, 0.1) is 13.8 Å². The summed E-state index contributed by atoms with van der Waals surface area (Å²) in [6.45, 7) is 3.43. The predicted octanol–water partition coefficient (Wildman–Crippen LogP) is 6.46. The van der Waals surface area contributed by atoms with Crippen molar-refractivity contribution in [3.63, 3.8) is 0 Å². The summed E-state index contributed by atoms with van der Waals surface area (Å²) in [5.74, 6) is -0.232. The maximum atomic E-state index is 12.8. The number of aromatic nitrogens is 2. The highest BCUT2D eigenvalue weighted by Gasteiger charge is 2.32. The van der Waals surface area contributed by atoms with Gasteiger partial charge in [0.1, 0.15) is 10.8 Å². The zero-order valence-electron chi connectivity index (χ0n) is 15.6. The molecule has 30 heavy (non-hydrogen) atoms. The average molecular weight is 456 g/mol. The number of alkyl halides is 3. The van der Waals surface area contributed by atoms with Crippen LogP contribution in [0.3, 0.4) is 0 Å². The molecule has 156 valence electrons. The molecule has 0 aliphatic rings. The number of benzene rings is 1. The SMILES string of the molecule is Cc1cc(NC(=O)c2cnccc2Cl)cc(C)c1Oc1ncc(C(F)(F)F)cc1Cl. The lowest BCUT2D eigenvalue weighted by atomic mass is 10.1. The molecule has 0 saturated heterocycles. The second kappa shape index (κ2) is 8.49. The lowest BCUT2D eigenvalue weighted by Crippen LogP contribution is -2.13. The normalized spacial score (nSPS) is 11.3. The standard InChI is InChI=1S/C20H14Cl2F3N3O2/c1-10-5-13(28-18(29)14-9-26-4-3-15(14)21)6-11(2)17(10)30-19-16(22)7-12(8-27-19)20(23,24)25/h3-9H,1-2H3,(H,28,29). The van der Waals surface area contributed by atoms with E-state index in [1.807, 2.05) is 0 Å². The minimum atomic E-state index is -4.56. The van der Waals surface area contributed by atoms with Gasteiger partial charge in [-0.05, 0) is 49.2 Å². The number of ether oxygens (including phenoxy) is 1. The van der Waals surface area contributed by atoms with Crippen molar-refractivity contribution in [3.05, 3.63) is 75.2 Å². The van der Waals surface area contributed by atoms with Gasteiger partial charge in [-0.3, -0.25) is 9.78 Å². The Bertz CT molecular complexity index is 1100. The van der Waals surface area contributed by atoms with Gasteiger partial charge in [0.2, 0.25) is 5.88 Å². The summed E-state index contributed by atoms with van der Waals surface area (Å²) in [6.07, 6.45) is -1.08. The van der Waals surface area contributed by atoms with E-state index in [9.17, 15) is 18.0 Å². The molecule has 0 aliphatic carbocycles. The Kier molecular flexibility index (Phi) is 6.19. The summed E-state index contributed by atoms with van der Waals surface area (Å²) < 4.78 is 43.9. The number of hydrogen-bond acceptors (Lipinski definition) is 4. The van der Waals surface area contributed by atoms with Crippen molar-refractivity contribution in [2.45, 2.75) is 20.0 Å². The van der Waals surface area contributed by atoms with Crippen molar-refractivity contribution in [2.24, 2.45) is 0 Å². The van der Waals surface area contributed by atoms with E-state index in [0.29, 0.717) is 28.8 Å². The van der Waals surface area contributed by atoms with Crippen molar-refractivity contribution >= 4 is 34.8 Å². The molecular weight excluding hydrogens is 442 g/mol. The second-order valence-electron chi connectivity index (χ2n) is 6.36. The molecule has 0 unspecified atom stereocenters. The minimum absolute atomic E-state index is 0.158. The third-order valence-electron chi connectivity index (χ3n) is 4.06. The molecule has 10 heteroatoms. The maximum absolute atomic E-state index is 12.8. The smallest absolute Gasteiger partial charge is 0.417 e. The highest BCUT2D eigenvalue weighted by molar-refractivity contribution is 6.34. The maximum Gasteiger partial charge on any atom is 0.417 e. The molecule has 0 atom stereocenters. The molecule has 5 nitrogen and oxygen atoms in total. The van der Waals surface area contributed by atoms with Gasteiger partial charge >= 0.3 is 6.18 Å². The third kappa shape index (κ3) is 4.83. The lowest BCUT2D eigenvalue weighted by molar-refractivity contribution is -0.137. The Balaban J connectivity index is 1.83. The highest BCUT2D eigenvalue weighted by Crippen LogP contribution is 2.37. The van der Waals surface area contributed by atoms with Crippen LogP contribution in [-0.4, -0.2) is 15.9 Å². The van der Waals surface area contributed by atoms with Crippen molar-refractivity contribution in [3.8, 4) is 11.6 Å².